The van der Waals surface area contributed by atoms with Crippen LogP contribution in [-0.4, -0.2) is 34.0 Å². The number of ether oxygens (including phenoxy) is 4. The van der Waals surface area contributed by atoms with Crippen molar-refractivity contribution in [3.05, 3.63) is 117 Å². The quantitative estimate of drug-likeness (QED) is 0.117. The molecule has 0 radical (unpaired) electrons. The van der Waals surface area contributed by atoms with Crippen molar-refractivity contribution in [2.45, 2.75) is 209 Å². The Balaban J connectivity index is 1.65. The number of hydrogen-bond acceptors (Lipinski definition) is 8. The lowest BCUT2D eigenvalue weighted by atomic mass is 9.79. The van der Waals surface area contributed by atoms with Crippen LogP contribution in [-0.2, 0) is 43.3 Å². The first-order chi connectivity index (χ1) is 36.4. The van der Waals surface area contributed by atoms with Gasteiger partial charge in [0.2, 0.25) is 13.6 Å². The molecule has 6 aromatic carbocycles. The van der Waals surface area contributed by atoms with E-state index in [-0.39, 0.29) is 13.6 Å². The number of phenolic OH excluding ortho intramolecular Hbond substituents is 4. The molecule has 430 valence electrons. The molecule has 0 saturated carbocycles. The zero-order chi connectivity index (χ0) is 59.7. The molecule has 4 N–H and O–H groups in total. The molecule has 6 aromatic rings. The van der Waals surface area contributed by atoms with E-state index in [1.807, 2.05) is 12.1 Å². The highest BCUT2D eigenvalue weighted by molar-refractivity contribution is 7.80. The van der Waals surface area contributed by atoms with Gasteiger partial charge in [0.25, 0.3) is 0 Å². The lowest BCUT2D eigenvalue weighted by Crippen LogP contribution is -2.31. The minimum Gasteiger partial charge on any atom is -0.507 e. The molecule has 0 aliphatic carbocycles. The first-order valence-electron chi connectivity index (χ1n) is 28.4. The Labute approximate surface area is 482 Å². The Hall–Kier alpha value is -5.42. The van der Waals surface area contributed by atoms with Crippen LogP contribution >= 0.6 is 15.8 Å². The van der Waals surface area contributed by atoms with Gasteiger partial charge in [-0.3, -0.25) is 0 Å². The standard InChI is InChI=1S/C70H92O8P2/c1-63(2,3)43-29-39(30-44(57(43)71)64(4,5)6)79(40-31-45(65(7,8)9)58(72)46(32-40)66(10,11)12)53-27-25-51-61(77-37-75-51)55(53)56-54(28-26-52-62(56)78-38-76-52)80(41-33-47(67(13,14)15)59(73)48(34-41)68(16,17)18)42-35-49(69(19,20)21)60(74)50(36-42)70(22,23)24/h25-36,71-74H,37-38H2,1-24H3. The van der Waals surface area contributed by atoms with Crippen molar-refractivity contribution in [1.82, 2.24) is 0 Å². The molecule has 10 heteroatoms. The maximum Gasteiger partial charge on any atom is 0.231 e. The summed E-state index contributed by atoms with van der Waals surface area (Å²) < 4.78 is 26.5. The van der Waals surface area contributed by atoms with Crippen molar-refractivity contribution < 1.29 is 39.4 Å². The SMILES string of the molecule is CC(C)(C)c1cc(P(c2cc(C(C)(C)C)c(O)c(C(C)(C)C)c2)c2ccc3c(c2-c2c(P(c4cc(C(C)(C)C)c(O)c(C(C)(C)C)c4)c4cc(C(C)(C)C)c(O)c(C(C)(C)C)c4)ccc4c2OCO4)OCO3)cc(C(C)(C)C)c1O. The third-order valence-corrected chi connectivity index (χ3v) is 20.4. The summed E-state index contributed by atoms with van der Waals surface area (Å²) >= 11 is 0. The number of phenols is 4. The summed E-state index contributed by atoms with van der Waals surface area (Å²) in [6.45, 7) is 51.7. The Morgan fingerprint density at radius 2 is 0.475 bits per heavy atom. The number of rotatable bonds is 7. The highest BCUT2D eigenvalue weighted by atomic mass is 31.1. The average molecular weight is 1120 g/mol. The van der Waals surface area contributed by atoms with E-state index in [1.165, 1.54) is 0 Å². The number of fused-ring (bicyclic) bond motifs is 2. The van der Waals surface area contributed by atoms with Gasteiger partial charge in [-0.1, -0.05) is 166 Å². The molecule has 8 rings (SSSR count). The highest BCUT2D eigenvalue weighted by Crippen LogP contribution is 2.56. The molecule has 0 unspecified atom stereocenters. The fraction of sp³-hybridized carbons (Fsp3) is 0.486. The van der Waals surface area contributed by atoms with E-state index >= 15 is 0 Å². The monoisotopic (exact) mass is 1120 g/mol. The Morgan fingerprint density at radius 1 is 0.287 bits per heavy atom. The predicted octanol–water partition coefficient (Wildman–Crippen LogP) is 15.5. The van der Waals surface area contributed by atoms with Gasteiger partial charge in [0, 0.05) is 55.6 Å². The van der Waals surface area contributed by atoms with Crippen molar-refractivity contribution in [3.63, 3.8) is 0 Å². The molecule has 8 nitrogen and oxygen atoms in total. The molecular formula is C70H92O8P2. The summed E-state index contributed by atoms with van der Waals surface area (Å²) in [6, 6.07) is 26.2. The van der Waals surface area contributed by atoms with Gasteiger partial charge in [0.1, 0.15) is 23.0 Å². The van der Waals surface area contributed by atoms with E-state index in [0.717, 1.165) is 87.5 Å². The van der Waals surface area contributed by atoms with Crippen LogP contribution in [0.5, 0.6) is 46.0 Å². The second-order valence-corrected chi connectivity index (χ2v) is 35.0. The van der Waals surface area contributed by atoms with Gasteiger partial charge >= 0.3 is 0 Å². The molecule has 0 bridgehead atoms. The van der Waals surface area contributed by atoms with Gasteiger partial charge in [-0.25, -0.2) is 0 Å². The van der Waals surface area contributed by atoms with Crippen LogP contribution in [0.1, 0.15) is 211 Å². The molecule has 2 heterocycles. The summed E-state index contributed by atoms with van der Waals surface area (Å²) in [5.41, 5.74) is 4.79. The summed E-state index contributed by atoms with van der Waals surface area (Å²) in [6.07, 6.45) is 0. The molecule has 0 fully saturated rings. The van der Waals surface area contributed by atoms with Crippen LogP contribution in [0.15, 0.2) is 72.8 Å². The van der Waals surface area contributed by atoms with Gasteiger partial charge in [-0.15, -0.1) is 0 Å². The van der Waals surface area contributed by atoms with Crippen molar-refractivity contribution >= 4 is 47.7 Å². The van der Waals surface area contributed by atoms with E-state index < -0.39 is 59.2 Å². The Bertz CT molecular complexity index is 2870. The fourth-order valence-corrected chi connectivity index (χ4v) is 16.3. The lowest BCUT2D eigenvalue weighted by Gasteiger charge is -2.34. The minimum atomic E-state index is -1.63. The molecule has 0 aromatic heterocycles. The molecule has 0 saturated heterocycles. The van der Waals surface area contributed by atoms with E-state index in [4.69, 9.17) is 18.9 Å². The Morgan fingerprint density at radius 3 is 0.650 bits per heavy atom. The number of aromatic hydroxyl groups is 4. The second kappa shape index (κ2) is 20.2. The molecule has 2 aliphatic heterocycles. The highest BCUT2D eigenvalue weighted by Gasteiger charge is 2.41. The topological polar surface area (TPSA) is 118 Å². The van der Waals surface area contributed by atoms with Crippen LogP contribution in [0.2, 0.25) is 0 Å². The van der Waals surface area contributed by atoms with Crippen LogP contribution < -0.4 is 50.8 Å². The van der Waals surface area contributed by atoms with Gasteiger partial charge in [-0.05, 0) is 164 Å². The van der Waals surface area contributed by atoms with E-state index in [2.05, 4.69) is 227 Å². The first-order valence-corrected chi connectivity index (χ1v) is 31.1. The van der Waals surface area contributed by atoms with Gasteiger partial charge in [-0.2, -0.15) is 0 Å². The van der Waals surface area contributed by atoms with Crippen molar-refractivity contribution in [1.29, 1.82) is 0 Å². The molecule has 2 aliphatic rings. The molecule has 80 heavy (non-hydrogen) atoms. The van der Waals surface area contributed by atoms with Gasteiger partial charge < -0.3 is 39.4 Å². The maximum absolute atomic E-state index is 12.4. The van der Waals surface area contributed by atoms with Crippen LogP contribution in [0.3, 0.4) is 0 Å². The van der Waals surface area contributed by atoms with E-state index in [1.54, 1.807) is 0 Å². The maximum atomic E-state index is 12.4. The lowest BCUT2D eigenvalue weighted by molar-refractivity contribution is 0.173. The zero-order valence-electron chi connectivity index (χ0n) is 52.7. The van der Waals surface area contributed by atoms with Crippen LogP contribution in [0.4, 0.5) is 0 Å². The van der Waals surface area contributed by atoms with Gasteiger partial charge in [0.15, 0.2) is 23.0 Å². The molecular weight excluding hydrogens is 1030 g/mol. The molecule has 0 amide bonds. The summed E-state index contributed by atoms with van der Waals surface area (Å²) in [4.78, 5) is 0. The second-order valence-electron chi connectivity index (χ2n) is 30.6. The summed E-state index contributed by atoms with van der Waals surface area (Å²) in [5.74, 6) is 3.54. The molecule has 0 atom stereocenters. The van der Waals surface area contributed by atoms with Crippen molar-refractivity contribution in [2.75, 3.05) is 13.6 Å². The third-order valence-electron chi connectivity index (χ3n) is 15.6. The Kier molecular flexibility index (Phi) is 15.3. The van der Waals surface area contributed by atoms with Gasteiger partial charge in [0.05, 0.1) is 0 Å². The summed E-state index contributed by atoms with van der Waals surface area (Å²) in [7, 11) is -3.25. The smallest absolute Gasteiger partial charge is 0.231 e. The minimum absolute atomic E-state index is 0.00694. The number of benzene rings is 6. The van der Waals surface area contributed by atoms with Crippen LogP contribution in [0.25, 0.3) is 11.1 Å². The van der Waals surface area contributed by atoms with Crippen molar-refractivity contribution in [3.8, 4) is 57.1 Å². The third kappa shape index (κ3) is 11.4. The fourth-order valence-electron chi connectivity index (χ4n) is 11.2. The molecule has 0 spiro atoms. The normalized spacial score (nSPS) is 14.5. The first kappa shape index (κ1) is 60.7. The number of hydrogen-bond donors (Lipinski definition) is 4. The van der Waals surface area contributed by atoms with Crippen molar-refractivity contribution in [2.24, 2.45) is 0 Å². The zero-order valence-corrected chi connectivity index (χ0v) is 54.4. The van der Waals surface area contributed by atoms with Crippen LogP contribution in [0, 0.1) is 0 Å². The largest absolute Gasteiger partial charge is 0.507 e. The summed E-state index contributed by atoms with van der Waals surface area (Å²) in [5, 5.41) is 55.7. The van der Waals surface area contributed by atoms with E-state index in [0.29, 0.717) is 46.0 Å². The van der Waals surface area contributed by atoms with E-state index in [9.17, 15) is 20.4 Å². The average Bonchev–Trinajstić information content (AvgIpc) is 3.98. The predicted molar refractivity (Wildman–Crippen MR) is 338 cm³/mol.